The fourth-order valence-electron chi connectivity index (χ4n) is 3.69. The van der Waals surface area contributed by atoms with Gasteiger partial charge in [0.25, 0.3) is 0 Å². The average Bonchev–Trinajstić information content (AvgIpc) is 2.93. The molecular formula is C18H25N3O3. The van der Waals surface area contributed by atoms with E-state index in [1.165, 1.54) is 0 Å². The Morgan fingerprint density at radius 3 is 2.50 bits per heavy atom. The summed E-state index contributed by atoms with van der Waals surface area (Å²) in [4.78, 5) is 26.1. The summed E-state index contributed by atoms with van der Waals surface area (Å²) >= 11 is 0. The number of methoxy groups -OCH3 is 1. The summed E-state index contributed by atoms with van der Waals surface area (Å²) in [5.74, 6) is 0.824. The summed E-state index contributed by atoms with van der Waals surface area (Å²) in [7, 11) is 1.63. The van der Waals surface area contributed by atoms with Crippen LogP contribution in [0.1, 0.15) is 25.8 Å². The third-order valence-corrected chi connectivity index (χ3v) is 5.32. The minimum atomic E-state index is -0.494. The third-order valence-electron chi connectivity index (χ3n) is 5.32. The van der Waals surface area contributed by atoms with Crippen molar-refractivity contribution in [1.29, 1.82) is 0 Å². The maximum Gasteiger partial charge on any atom is 0.317 e. The average molecular weight is 331 g/mol. The van der Waals surface area contributed by atoms with E-state index < -0.39 is 5.41 Å². The number of nitrogens with zero attached hydrogens (tertiary/aromatic N) is 1. The van der Waals surface area contributed by atoms with E-state index in [4.69, 9.17) is 4.74 Å². The van der Waals surface area contributed by atoms with Gasteiger partial charge in [0.15, 0.2) is 0 Å². The molecule has 3 amide bonds. The lowest BCUT2D eigenvalue weighted by Crippen LogP contribution is -2.42. The SMILES string of the molecule is COc1ccc(C2(C(=O)NCCN3CCNC3=O)CC2(C)C)cc1. The molecule has 1 atom stereocenters. The number of benzene rings is 1. The topological polar surface area (TPSA) is 70.7 Å². The molecule has 0 radical (unpaired) electrons. The van der Waals surface area contributed by atoms with Crippen LogP contribution in [0.5, 0.6) is 5.75 Å². The van der Waals surface area contributed by atoms with Crippen molar-refractivity contribution < 1.29 is 14.3 Å². The highest BCUT2D eigenvalue weighted by Gasteiger charge is 2.66. The Labute approximate surface area is 142 Å². The van der Waals surface area contributed by atoms with Crippen LogP contribution in [0.3, 0.4) is 0 Å². The van der Waals surface area contributed by atoms with Gasteiger partial charge in [0.1, 0.15) is 5.75 Å². The molecule has 2 aliphatic rings. The van der Waals surface area contributed by atoms with Gasteiger partial charge in [0, 0.05) is 26.2 Å². The van der Waals surface area contributed by atoms with Crippen LogP contribution in [0, 0.1) is 5.41 Å². The summed E-state index contributed by atoms with van der Waals surface area (Å²) in [6, 6.07) is 7.68. The zero-order valence-corrected chi connectivity index (χ0v) is 14.5. The lowest BCUT2D eigenvalue weighted by atomic mass is 9.87. The predicted molar refractivity (Wildman–Crippen MR) is 91.1 cm³/mol. The van der Waals surface area contributed by atoms with Crippen molar-refractivity contribution in [2.45, 2.75) is 25.7 Å². The fraction of sp³-hybridized carbons (Fsp3) is 0.556. The highest BCUT2D eigenvalue weighted by molar-refractivity contribution is 5.93. The maximum atomic E-state index is 12.9. The third kappa shape index (κ3) is 2.70. The van der Waals surface area contributed by atoms with Gasteiger partial charge in [-0.15, -0.1) is 0 Å². The molecule has 0 spiro atoms. The van der Waals surface area contributed by atoms with Crippen molar-refractivity contribution in [3.05, 3.63) is 29.8 Å². The second kappa shape index (κ2) is 6.00. The number of amides is 3. The molecule has 1 aromatic carbocycles. The van der Waals surface area contributed by atoms with Crippen LogP contribution >= 0.6 is 0 Å². The molecule has 0 aromatic heterocycles. The van der Waals surface area contributed by atoms with E-state index in [1.54, 1.807) is 12.0 Å². The zero-order valence-electron chi connectivity index (χ0n) is 14.5. The largest absolute Gasteiger partial charge is 0.497 e. The van der Waals surface area contributed by atoms with E-state index in [0.717, 1.165) is 17.7 Å². The van der Waals surface area contributed by atoms with E-state index in [-0.39, 0.29) is 17.4 Å². The van der Waals surface area contributed by atoms with Crippen LogP contribution in [0.15, 0.2) is 24.3 Å². The van der Waals surface area contributed by atoms with Crippen molar-refractivity contribution in [2.24, 2.45) is 5.41 Å². The molecule has 1 saturated heterocycles. The first-order chi connectivity index (χ1) is 11.4. The van der Waals surface area contributed by atoms with Gasteiger partial charge in [0.05, 0.1) is 12.5 Å². The highest BCUT2D eigenvalue weighted by atomic mass is 16.5. The lowest BCUT2D eigenvalue weighted by molar-refractivity contribution is -0.124. The van der Waals surface area contributed by atoms with Crippen LogP contribution in [0.25, 0.3) is 0 Å². The molecule has 6 nitrogen and oxygen atoms in total. The Morgan fingerprint density at radius 2 is 2.00 bits per heavy atom. The van der Waals surface area contributed by atoms with E-state index in [0.29, 0.717) is 26.2 Å². The molecule has 1 aliphatic carbocycles. The highest BCUT2D eigenvalue weighted by Crippen LogP contribution is 2.64. The molecule has 1 saturated carbocycles. The van der Waals surface area contributed by atoms with Gasteiger partial charge in [-0.3, -0.25) is 4.79 Å². The minimum Gasteiger partial charge on any atom is -0.497 e. The quantitative estimate of drug-likeness (QED) is 0.830. The first kappa shape index (κ1) is 16.6. The van der Waals surface area contributed by atoms with E-state index in [2.05, 4.69) is 24.5 Å². The Hall–Kier alpha value is -2.24. The number of carbonyl (C=O) groups excluding carboxylic acids is 2. The van der Waals surface area contributed by atoms with Crippen molar-refractivity contribution >= 4 is 11.9 Å². The van der Waals surface area contributed by atoms with Gasteiger partial charge in [-0.25, -0.2) is 4.79 Å². The summed E-state index contributed by atoms with van der Waals surface area (Å²) in [6.07, 6.45) is 0.822. The van der Waals surface area contributed by atoms with E-state index in [9.17, 15) is 9.59 Å². The molecule has 0 bridgehead atoms. The second-order valence-electron chi connectivity index (χ2n) is 7.17. The Bertz CT molecular complexity index is 641. The van der Waals surface area contributed by atoms with Crippen LogP contribution in [-0.4, -0.2) is 50.1 Å². The molecule has 1 heterocycles. The normalized spacial score (nSPS) is 24.5. The summed E-state index contributed by atoms with van der Waals surface area (Å²) < 4.78 is 5.20. The summed E-state index contributed by atoms with van der Waals surface area (Å²) in [5.41, 5.74) is 0.452. The van der Waals surface area contributed by atoms with Crippen LogP contribution in [0.4, 0.5) is 4.79 Å². The standard InChI is InChI=1S/C18H25N3O3/c1-17(2)12-18(17,13-4-6-14(24-3)7-5-13)15(22)19-8-10-21-11-9-20-16(21)23/h4-7H,8-12H2,1-3H3,(H,19,22)(H,20,23). The van der Waals surface area contributed by atoms with Crippen molar-refractivity contribution in [3.63, 3.8) is 0 Å². The number of rotatable bonds is 6. The number of urea groups is 1. The lowest BCUT2D eigenvalue weighted by Gasteiger charge is -2.22. The predicted octanol–water partition coefficient (Wildman–Crippen LogP) is 1.50. The first-order valence-electron chi connectivity index (χ1n) is 8.36. The maximum absolute atomic E-state index is 12.9. The van der Waals surface area contributed by atoms with Gasteiger partial charge >= 0.3 is 6.03 Å². The second-order valence-corrected chi connectivity index (χ2v) is 7.17. The molecule has 1 aliphatic heterocycles. The number of carbonyl (C=O) groups is 2. The van der Waals surface area contributed by atoms with Gasteiger partial charge in [-0.05, 0) is 29.5 Å². The smallest absolute Gasteiger partial charge is 0.317 e. The molecule has 2 fully saturated rings. The molecule has 3 rings (SSSR count). The van der Waals surface area contributed by atoms with Gasteiger partial charge < -0.3 is 20.3 Å². The van der Waals surface area contributed by atoms with Gasteiger partial charge in [-0.2, -0.15) is 0 Å². The number of hydrogen-bond donors (Lipinski definition) is 2. The number of hydrogen-bond acceptors (Lipinski definition) is 3. The van der Waals surface area contributed by atoms with Crippen molar-refractivity contribution in [2.75, 3.05) is 33.3 Å². The molecule has 1 aromatic rings. The summed E-state index contributed by atoms with van der Waals surface area (Å²) in [6.45, 7) is 6.62. The molecule has 2 N–H and O–H groups in total. The molecular weight excluding hydrogens is 306 g/mol. The monoisotopic (exact) mass is 331 g/mol. The number of ether oxygens (including phenoxy) is 1. The van der Waals surface area contributed by atoms with Gasteiger partial charge in [0.2, 0.25) is 5.91 Å². The van der Waals surface area contributed by atoms with E-state index >= 15 is 0 Å². The molecule has 6 heteroatoms. The van der Waals surface area contributed by atoms with Crippen molar-refractivity contribution in [1.82, 2.24) is 15.5 Å². The van der Waals surface area contributed by atoms with E-state index in [1.807, 2.05) is 24.3 Å². The number of nitrogens with one attached hydrogen (secondary N) is 2. The zero-order chi connectivity index (χ0) is 17.4. The fourth-order valence-corrected chi connectivity index (χ4v) is 3.69. The Kier molecular flexibility index (Phi) is 4.15. The molecule has 130 valence electrons. The molecule has 24 heavy (non-hydrogen) atoms. The minimum absolute atomic E-state index is 0.0391. The van der Waals surface area contributed by atoms with Crippen LogP contribution in [0.2, 0.25) is 0 Å². The van der Waals surface area contributed by atoms with Gasteiger partial charge in [-0.1, -0.05) is 26.0 Å². The van der Waals surface area contributed by atoms with Crippen LogP contribution < -0.4 is 15.4 Å². The Balaban J connectivity index is 1.66. The molecule has 1 unspecified atom stereocenters. The van der Waals surface area contributed by atoms with Crippen LogP contribution in [-0.2, 0) is 10.2 Å². The Morgan fingerprint density at radius 1 is 1.33 bits per heavy atom. The first-order valence-corrected chi connectivity index (χ1v) is 8.36. The van der Waals surface area contributed by atoms with Crippen molar-refractivity contribution in [3.8, 4) is 5.75 Å². The summed E-state index contributed by atoms with van der Waals surface area (Å²) in [5, 5.41) is 5.79.